The lowest BCUT2D eigenvalue weighted by molar-refractivity contribution is 0.0732. The molecule has 33 heavy (non-hydrogen) atoms. The highest BCUT2D eigenvalue weighted by Gasteiger charge is 2.37. The second-order valence-electron chi connectivity index (χ2n) is 8.61. The Hall–Kier alpha value is -3.30. The van der Waals surface area contributed by atoms with Crippen molar-refractivity contribution in [2.24, 2.45) is 4.99 Å². The fourth-order valence-corrected chi connectivity index (χ4v) is 4.96. The number of aliphatic imine (C=N–C) groups is 1. The molecule has 9 heteroatoms. The second-order valence-corrected chi connectivity index (χ2v) is 8.61. The van der Waals surface area contributed by atoms with E-state index in [2.05, 4.69) is 25.8 Å². The van der Waals surface area contributed by atoms with E-state index in [0.717, 1.165) is 66.0 Å². The molecule has 2 atom stereocenters. The number of fused-ring (bicyclic) bond motifs is 5. The maximum Gasteiger partial charge on any atom is 0.216 e. The largest absolute Gasteiger partial charge is 0.497 e. The summed E-state index contributed by atoms with van der Waals surface area (Å²) in [5.74, 6) is 3.20. The van der Waals surface area contributed by atoms with Gasteiger partial charge in [0.1, 0.15) is 17.7 Å². The number of nitrogens with zero attached hydrogens (tertiary/aromatic N) is 5. The number of rotatable bonds is 5. The van der Waals surface area contributed by atoms with Crippen molar-refractivity contribution in [1.29, 1.82) is 0 Å². The molecule has 0 amide bonds. The van der Waals surface area contributed by atoms with Crippen LogP contribution in [-0.2, 0) is 4.74 Å². The third-order valence-electron chi connectivity index (χ3n) is 6.58. The zero-order valence-electron chi connectivity index (χ0n) is 18.9. The summed E-state index contributed by atoms with van der Waals surface area (Å²) >= 11 is 0. The number of methoxy groups -OCH3 is 2. The van der Waals surface area contributed by atoms with Crippen LogP contribution in [0.1, 0.15) is 24.6 Å². The SMILES string of the molecule is COc1ccc([C@@H]2NC3=NCN(C[C@@H]4CCCO4)CN3c3nc4ccccc4n32)c(OC)c1. The smallest absolute Gasteiger partial charge is 0.216 e. The molecule has 0 aliphatic carbocycles. The van der Waals surface area contributed by atoms with Crippen LogP contribution in [0.15, 0.2) is 47.5 Å². The summed E-state index contributed by atoms with van der Waals surface area (Å²) in [5, 5.41) is 3.65. The lowest BCUT2D eigenvalue weighted by Crippen LogP contribution is -2.58. The van der Waals surface area contributed by atoms with Gasteiger partial charge < -0.3 is 19.5 Å². The highest BCUT2D eigenvalue weighted by Crippen LogP contribution is 2.38. The summed E-state index contributed by atoms with van der Waals surface area (Å²) in [4.78, 5) is 14.4. The fourth-order valence-electron chi connectivity index (χ4n) is 4.96. The van der Waals surface area contributed by atoms with E-state index in [1.807, 2.05) is 36.4 Å². The molecule has 1 fully saturated rings. The van der Waals surface area contributed by atoms with E-state index in [0.29, 0.717) is 13.3 Å². The van der Waals surface area contributed by atoms with E-state index in [4.69, 9.17) is 24.2 Å². The number of benzene rings is 2. The van der Waals surface area contributed by atoms with Crippen molar-refractivity contribution in [2.45, 2.75) is 25.1 Å². The highest BCUT2D eigenvalue weighted by atomic mass is 16.5. The molecule has 0 bridgehead atoms. The lowest BCUT2D eigenvalue weighted by atomic mass is 10.1. The molecule has 172 valence electrons. The van der Waals surface area contributed by atoms with Gasteiger partial charge in [-0.3, -0.25) is 14.4 Å². The number of para-hydroxylation sites is 2. The van der Waals surface area contributed by atoms with Gasteiger partial charge in [0, 0.05) is 24.8 Å². The number of imidazole rings is 1. The van der Waals surface area contributed by atoms with E-state index in [9.17, 15) is 0 Å². The minimum atomic E-state index is -0.215. The molecule has 9 nitrogen and oxygen atoms in total. The summed E-state index contributed by atoms with van der Waals surface area (Å²) in [6.07, 6.45) is 2.32. The first-order chi connectivity index (χ1) is 16.2. The molecular weight excluding hydrogens is 420 g/mol. The van der Waals surface area contributed by atoms with Crippen LogP contribution < -0.4 is 19.7 Å². The van der Waals surface area contributed by atoms with Crippen LogP contribution in [-0.4, -0.2) is 67.2 Å². The fraction of sp³-hybridized carbons (Fsp3) is 0.417. The first-order valence-electron chi connectivity index (χ1n) is 11.4. The van der Waals surface area contributed by atoms with Gasteiger partial charge in [0.25, 0.3) is 0 Å². The topological polar surface area (TPSA) is 76.4 Å². The van der Waals surface area contributed by atoms with E-state index in [1.165, 1.54) is 0 Å². The first-order valence-corrected chi connectivity index (χ1v) is 11.4. The van der Waals surface area contributed by atoms with Crippen molar-refractivity contribution in [3.05, 3.63) is 48.0 Å². The van der Waals surface area contributed by atoms with Crippen molar-refractivity contribution in [2.75, 3.05) is 45.6 Å². The number of ether oxygens (including phenoxy) is 3. The van der Waals surface area contributed by atoms with Gasteiger partial charge in [-0.2, -0.15) is 0 Å². The monoisotopic (exact) mass is 448 g/mol. The Bertz CT molecular complexity index is 1200. The quantitative estimate of drug-likeness (QED) is 0.643. The Kier molecular flexibility index (Phi) is 5.07. The molecule has 0 radical (unpaired) electrons. The number of guanidine groups is 1. The third kappa shape index (κ3) is 3.48. The molecule has 3 aliphatic heterocycles. The van der Waals surface area contributed by atoms with E-state index < -0.39 is 0 Å². The molecule has 3 aliphatic rings. The van der Waals surface area contributed by atoms with E-state index in [1.54, 1.807) is 14.2 Å². The van der Waals surface area contributed by atoms with Crippen LogP contribution in [0.4, 0.5) is 5.95 Å². The number of anilines is 1. The molecule has 2 aromatic carbocycles. The van der Waals surface area contributed by atoms with Crippen LogP contribution in [0, 0.1) is 0 Å². The molecule has 1 aromatic heterocycles. The highest BCUT2D eigenvalue weighted by molar-refractivity contribution is 5.99. The Balaban J connectivity index is 1.43. The van der Waals surface area contributed by atoms with Crippen molar-refractivity contribution < 1.29 is 14.2 Å². The van der Waals surface area contributed by atoms with Gasteiger partial charge in [-0.05, 0) is 37.1 Å². The molecule has 6 rings (SSSR count). The maximum absolute atomic E-state index is 5.86. The van der Waals surface area contributed by atoms with Crippen molar-refractivity contribution in [1.82, 2.24) is 19.8 Å². The van der Waals surface area contributed by atoms with Crippen molar-refractivity contribution >= 4 is 22.9 Å². The van der Waals surface area contributed by atoms with Gasteiger partial charge in [-0.25, -0.2) is 9.98 Å². The van der Waals surface area contributed by atoms with E-state index >= 15 is 0 Å². The van der Waals surface area contributed by atoms with Gasteiger partial charge in [0.15, 0.2) is 0 Å². The summed E-state index contributed by atoms with van der Waals surface area (Å²) in [6.45, 7) is 3.08. The molecule has 3 aromatic rings. The summed E-state index contributed by atoms with van der Waals surface area (Å²) < 4.78 is 19.2. The molecule has 1 saturated heterocycles. The Morgan fingerprint density at radius 3 is 2.88 bits per heavy atom. The third-order valence-corrected chi connectivity index (χ3v) is 6.58. The first kappa shape index (κ1) is 20.3. The van der Waals surface area contributed by atoms with Gasteiger partial charge in [-0.15, -0.1) is 0 Å². The summed E-state index contributed by atoms with van der Waals surface area (Å²) in [7, 11) is 3.34. The van der Waals surface area contributed by atoms with Gasteiger partial charge in [0.2, 0.25) is 11.9 Å². The molecule has 0 spiro atoms. The maximum atomic E-state index is 5.86. The lowest BCUT2D eigenvalue weighted by Gasteiger charge is -2.42. The zero-order chi connectivity index (χ0) is 22.4. The average Bonchev–Trinajstić information content (AvgIpc) is 3.51. The molecule has 0 saturated carbocycles. The molecule has 0 unspecified atom stereocenters. The number of nitrogens with one attached hydrogen (secondary N) is 1. The number of hydrogen-bond donors (Lipinski definition) is 1. The van der Waals surface area contributed by atoms with Crippen LogP contribution in [0.2, 0.25) is 0 Å². The number of aromatic nitrogens is 2. The van der Waals surface area contributed by atoms with Gasteiger partial charge in [0.05, 0.1) is 44.7 Å². The zero-order valence-corrected chi connectivity index (χ0v) is 18.9. The minimum absolute atomic E-state index is 0.215. The Morgan fingerprint density at radius 2 is 2.06 bits per heavy atom. The Labute approximate surface area is 192 Å². The van der Waals surface area contributed by atoms with Crippen molar-refractivity contribution in [3.8, 4) is 11.5 Å². The van der Waals surface area contributed by atoms with Crippen LogP contribution >= 0.6 is 0 Å². The van der Waals surface area contributed by atoms with Crippen LogP contribution in [0.25, 0.3) is 11.0 Å². The van der Waals surface area contributed by atoms with Crippen LogP contribution in [0.5, 0.6) is 11.5 Å². The number of hydrogen-bond acceptors (Lipinski definition) is 8. The van der Waals surface area contributed by atoms with Gasteiger partial charge in [-0.1, -0.05) is 12.1 Å². The predicted molar refractivity (Wildman–Crippen MR) is 126 cm³/mol. The van der Waals surface area contributed by atoms with Crippen molar-refractivity contribution in [3.63, 3.8) is 0 Å². The molecule has 4 heterocycles. The predicted octanol–water partition coefficient (Wildman–Crippen LogP) is 2.78. The Morgan fingerprint density at radius 1 is 1.15 bits per heavy atom. The molecular formula is C24H28N6O3. The minimum Gasteiger partial charge on any atom is -0.497 e. The summed E-state index contributed by atoms with van der Waals surface area (Å²) in [5.41, 5.74) is 2.99. The van der Waals surface area contributed by atoms with Crippen LogP contribution in [0.3, 0.4) is 0 Å². The molecule has 1 N–H and O–H groups in total. The second kappa shape index (κ2) is 8.24. The normalized spacial score (nSPS) is 22.5. The van der Waals surface area contributed by atoms with Gasteiger partial charge >= 0.3 is 0 Å². The van der Waals surface area contributed by atoms with E-state index in [-0.39, 0.29) is 12.3 Å². The summed E-state index contributed by atoms with van der Waals surface area (Å²) in [6, 6.07) is 14.1. The average molecular weight is 449 g/mol. The standard InChI is InChI=1S/C24H28N6O3/c1-31-16-9-10-18(21(12-16)32-2)22-27-23-25-14-28(13-17-6-5-11-33-17)15-29(23)24-26-19-7-3-4-8-20(19)30(22)24/h3-4,7-10,12,17,22H,5-6,11,13-15H2,1-2H3,(H,25,27)/t17-,22+/m0/s1.